The molecule has 0 unspecified atom stereocenters. The van der Waals surface area contributed by atoms with E-state index in [9.17, 15) is 9.59 Å². The van der Waals surface area contributed by atoms with Crippen LogP contribution >= 0.6 is 0 Å². The minimum Gasteiger partial charge on any atom is -0.456 e. The number of ether oxygens (including phenoxy) is 4. The Balaban J connectivity index is 0.000000156. The van der Waals surface area contributed by atoms with Crippen LogP contribution in [0.15, 0.2) is 113 Å². The highest BCUT2D eigenvalue weighted by Crippen LogP contribution is 2.44. The number of aromatic amines is 2. The Bertz CT molecular complexity index is 2980. The molecule has 324 valence electrons. The van der Waals surface area contributed by atoms with E-state index in [1.807, 2.05) is 85.8 Å². The Hall–Kier alpha value is -7.49. The summed E-state index contributed by atoms with van der Waals surface area (Å²) in [5.41, 5.74) is 15.1. The highest BCUT2D eigenvalue weighted by molar-refractivity contribution is 5.72. The van der Waals surface area contributed by atoms with Crippen molar-refractivity contribution in [3.8, 4) is 45.8 Å². The number of aromatic nitrogens is 5. The third-order valence-corrected chi connectivity index (χ3v) is 11.6. The molecular formula is C49H47N9O6. The molecule has 64 heavy (non-hydrogen) atoms. The fourth-order valence-electron chi connectivity index (χ4n) is 8.40. The summed E-state index contributed by atoms with van der Waals surface area (Å²) in [6, 6.07) is 32.8. The molecular weight excluding hydrogens is 811 g/mol. The summed E-state index contributed by atoms with van der Waals surface area (Å²) in [6.45, 7) is 8.02. The van der Waals surface area contributed by atoms with Crippen molar-refractivity contribution in [1.29, 1.82) is 0 Å². The molecule has 4 aliphatic heterocycles. The molecule has 5 N–H and O–H groups in total. The Morgan fingerprint density at radius 1 is 0.609 bits per heavy atom. The van der Waals surface area contributed by atoms with Gasteiger partial charge in [-0.15, -0.1) is 0 Å². The van der Waals surface area contributed by atoms with Gasteiger partial charge in [0.25, 0.3) is 11.1 Å². The van der Waals surface area contributed by atoms with Crippen LogP contribution in [0.5, 0.6) is 23.0 Å². The van der Waals surface area contributed by atoms with Gasteiger partial charge in [-0.2, -0.15) is 0 Å². The van der Waals surface area contributed by atoms with Gasteiger partial charge in [-0.25, -0.2) is 9.97 Å². The summed E-state index contributed by atoms with van der Waals surface area (Å²) >= 11 is 0. The lowest BCUT2D eigenvalue weighted by Gasteiger charge is -2.28. The van der Waals surface area contributed by atoms with E-state index >= 15 is 0 Å². The SMILES string of the molecule is Cc1cccc(CNc2ccc3c(c2)Cc2cccc(-c4nc(N5CCOCC5)cc(=O)[nH]4)c2O3)n1.Nc1ccc2c(c1)Cc1cccc(-c3nc(N4CCOCC4)cc(=O)[nH]3)c1O2. The molecule has 0 spiro atoms. The molecule has 3 aromatic heterocycles. The maximum absolute atomic E-state index is 12.5. The van der Waals surface area contributed by atoms with Gasteiger partial charge in [0.15, 0.2) is 0 Å². The van der Waals surface area contributed by atoms with E-state index in [0.717, 1.165) is 86.3 Å². The topological polar surface area (TPSA) is 186 Å². The van der Waals surface area contributed by atoms with Crippen molar-refractivity contribution < 1.29 is 18.9 Å². The van der Waals surface area contributed by atoms with Crippen molar-refractivity contribution >= 4 is 23.0 Å². The minimum atomic E-state index is -0.187. The van der Waals surface area contributed by atoms with Crippen molar-refractivity contribution in [2.75, 3.05) is 73.5 Å². The summed E-state index contributed by atoms with van der Waals surface area (Å²) in [6.07, 6.45) is 1.45. The van der Waals surface area contributed by atoms with Gasteiger partial charge in [-0.05, 0) is 67.6 Å². The van der Waals surface area contributed by atoms with E-state index in [0.29, 0.717) is 88.1 Å². The first-order valence-corrected chi connectivity index (χ1v) is 21.5. The van der Waals surface area contributed by atoms with E-state index in [1.165, 1.54) is 6.07 Å². The van der Waals surface area contributed by atoms with Gasteiger partial charge < -0.3 is 49.8 Å². The lowest BCUT2D eigenvalue weighted by atomic mass is 9.97. The minimum absolute atomic E-state index is 0.186. The van der Waals surface area contributed by atoms with Crippen LogP contribution in [0.3, 0.4) is 0 Å². The van der Waals surface area contributed by atoms with Crippen LogP contribution in [0.2, 0.25) is 0 Å². The second-order valence-electron chi connectivity index (χ2n) is 16.1. The van der Waals surface area contributed by atoms with E-state index in [-0.39, 0.29) is 11.1 Å². The van der Waals surface area contributed by atoms with Crippen molar-refractivity contribution in [2.24, 2.45) is 0 Å². The van der Waals surface area contributed by atoms with Gasteiger partial charge in [0.05, 0.1) is 49.8 Å². The van der Waals surface area contributed by atoms with Crippen LogP contribution in [0.4, 0.5) is 23.0 Å². The molecule has 4 aromatic carbocycles. The van der Waals surface area contributed by atoms with Crippen molar-refractivity contribution in [3.05, 3.63) is 157 Å². The van der Waals surface area contributed by atoms with Crippen LogP contribution in [-0.2, 0) is 28.9 Å². The zero-order chi connectivity index (χ0) is 43.6. The molecule has 0 saturated carbocycles. The number of benzene rings is 4. The lowest BCUT2D eigenvalue weighted by Crippen LogP contribution is -2.37. The molecule has 2 saturated heterocycles. The van der Waals surface area contributed by atoms with Crippen molar-refractivity contribution in [2.45, 2.75) is 26.3 Å². The first-order valence-electron chi connectivity index (χ1n) is 21.5. The number of morpholine rings is 2. The maximum atomic E-state index is 12.5. The van der Waals surface area contributed by atoms with E-state index in [2.05, 4.69) is 42.2 Å². The number of hydrogen-bond donors (Lipinski definition) is 4. The molecule has 2 fully saturated rings. The number of rotatable bonds is 7. The second-order valence-corrected chi connectivity index (χ2v) is 16.1. The monoisotopic (exact) mass is 857 g/mol. The normalized spacial score (nSPS) is 15.0. The van der Waals surface area contributed by atoms with E-state index in [1.54, 1.807) is 6.07 Å². The van der Waals surface area contributed by atoms with Crippen LogP contribution in [0.25, 0.3) is 22.8 Å². The largest absolute Gasteiger partial charge is 0.456 e. The molecule has 7 aromatic rings. The molecule has 0 bridgehead atoms. The van der Waals surface area contributed by atoms with Crippen LogP contribution in [0, 0.1) is 6.92 Å². The molecule has 11 rings (SSSR count). The summed E-state index contributed by atoms with van der Waals surface area (Å²) in [5.74, 6) is 5.37. The van der Waals surface area contributed by atoms with Gasteiger partial charge in [-0.3, -0.25) is 14.6 Å². The number of aryl methyl sites for hydroxylation is 1. The first kappa shape index (κ1) is 40.6. The summed E-state index contributed by atoms with van der Waals surface area (Å²) in [5, 5.41) is 3.46. The first-order chi connectivity index (χ1) is 31.3. The number of para-hydroxylation sites is 2. The van der Waals surface area contributed by atoms with Crippen LogP contribution in [0.1, 0.15) is 33.6 Å². The standard InChI is InChI=1S/C28H27N5O3.C21H20N4O3/c1-18-4-2-6-22(30-18)17-29-21-8-9-24-20(15-21)14-19-5-3-7-23(27(19)36-24)28-31-25(16-26(34)32-28)33-10-12-35-13-11-33;22-15-4-5-17-14(11-15)10-13-2-1-3-16(20(13)28-17)21-23-18(12-19(26)24-21)25-6-8-27-9-7-25/h2-9,15-16,29H,10-14,17H2,1H3,(H,31,32,34);1-5,11-12H,6-10,22H2,(H,23,24,26). The molecule has 15 heteroatoms. The number of pyridine rings is 1. The van der Waals surface area contributed by atoms with Gasteiger partial charge in [0.2, 0.25) is 0 Å². The molecule has 0 atom stereocenters. The average Bonchev–Trinajstić information content (AvgIpc) is 3.32. The van der Waals surface area contributed by atoms with Crippen molar-refractivity contribution in [1.82, 2.24) is 24.9 Å². The predicted molar refractivity (Wildman–Crippen MR) is 246 cm³/mol. The zero-order valence-electron chi connectivity index (χ0n) is 35.4. The quantitative estimate of drug-likeness (QED) is 0.122. The number of nitrogens with zero attached hydrogens (tertiary/aromatic N) is 5. The van der Waals surface area contributed by atoms with E-state index in [4.69, 9.17) is 34.6 Å². The van der Waals surface area contributed by atoms with Crippen LogP contribution in [-0.4, -0.2) is 77.5 Å². The number of hydrogen-bond acceptors (Lipinski definition) is 13. The highest BCUT2D eigenvalue weighted by Gasteiger charge is 2.25. The molecule has 7 heterocycles. The van der Waals surface area contributed by atoms with Gasteiger partial charge >= 0.3 is 0 Å². The zero-order valence-corrected chi connectivity index (χ0v) is 35.4. The Morgan fingerprint density at radius 3 is 1.70 bits per heavy atom. The Morgan fingerprint density at radius 2 is 1.14 bits per heavy atom. The van der Waals surface area contributed by atoms with Gasteiger partial charge in [0, 0.05) is 90.5 Å². The number of nitrogens with one attached hydrogen (secondary N) is 3. The van der Waals surface area contributed by atoms with Crippen molar-refractivity contribution in [3.63, 3.8) is 0 Å². The van der Waals surface area contributed by atoms with Gasteiger partial charge in [0.1, 0.15) is 46.3 Å². The fourth-order valence-corrected chi connectivity index (χ4v) is 8.40. The molecule has 15 nitrogen and oxygen atoms in total. The average molecular weight is 858 g/mol. The molecule has 0 radical (unpaired) electrons. The fraction of sp³-hybridized carbons (Fsp3) is 0.245. The number of H-pyrrole nitrogens is 2. The lowest BCUT2D eigenvalue weighted by molar-refractivity contribution is 0.122. The molecule has 0 amide bonds. The Labute approximate surface area is 368 Å². The van der Waals surface area contributed by atoms with E-state index < -0.39 is 0 Å². The maximum Gasteiger partial charge on any atom is 0.253 e. The summed E-state index contributed by atoms with van der Waals surface area (Å²) < 4.78 is 23.4. The third-order valence-electron chi connectivity index (χ3n) is 11.6. The number of fused-ring (bicyclic) bond motifs is 4. The smallest absolute Gasteiger partial charge is 0.253 e. The number of nitrogens with two attached hydrogens (primary N) is 1. The number of anilines is 4. The summed E-state index contributed by atoms with van der Waals surface area (Å²) in [7, 11) is 0. The second kappa shape index (κ2) is 17.7. The molecule has 4 aliphatic rings. The molecule has 0 aliphatic carbocycles. The Kier molecular flexibility index (Phi) is 11.2. The number of nitrogen functional groups attached to an aromatic ring is 1. The van der Waals surface area contributed by atoms with Gasteiger partial charge in [-0.1, -0.05) is 30.3 Å². The third kappa shape index (κ3) is 8.76. The highest BCUT2D eigenvalue weighted by atomic mass is 16.5. The van der Waals surface area contributed by atoms with Crippen LogP contribution < -0.4 is 41.4 Å². The summed E-state index contributed by atoms with van der Waals surface area (Å²) in [4.78, 5) is 48.8. The predicted octanol–water partition coefficient (Wildman–Crippen LogP) is 6.84.